The third kappa shape index (κ3) is 4.95. The van der Waals surface area contributed by atoms with Crippen LogP contribution < -0.4 is 5.32 Å². The fourth-order valence-corrected chi connectivity index (χ4v) is 3.03. The van der Waals surface area contributed by atoms with Crippen molar-refractivity contribution in [2.24, 2.45) is 0 Å². The van der Waals surface area contributed by atoms with Crippen LogP contribution in [0.15, 0.2) is 78.0 Å². The number of carbonyl (C=O) groups excluding carboxylic acids is 2. The summed E-state index contributed by atoms with van der Waals surface area (Å²) in [5, 5.41) is 3.29. The number of aromatic nitrogens is 1. The van der Waals surface area contributed by atoms with Crippen LogP contribution in [0.2, 0.25) is 0 Å². The zero-order chi connectivity index (χ0) is 19.1. The fourth-order valence-electron chi connectivity index (χ4n) is 2.49. The molecule has 1 amide bonds. The van der Waals surface area contributed by atoms with Gasteiger partial charge in [0.25, 0.3) is 5.91 Å². The van der Waals surface area contributed by atoms with Gasteiger partial charge < -0.3 is 10.1 Å². The molecule has 0 saturated carbocycles. The van der Waals surface area contributed by atoms with E-state index >= 15 is 0 Å². The van der Waals surface area contributed by atoms with Gasteiger partial charge >= 0.3 is 5.97 Å². The highest BCUT2D eigenvalue weighted by atomic mass is 32.2. The number of ether oxygens (including phenoxy) is 1. The van der Waals surface area contributed by atoms with E-state index in [4.69, 9.17) is 4.74 Å². The normalized spacial score (nSPS) is 10.3. The minimum absolute atomic E-state index is 0.352. The summed E-state index contributed by atoms with van der Waals surface area (Å²) in [6.07, 6.45) is 3.43. The van der Waals surface area contributed by atoms with Gasteiger partial charge in [0.15, 0.2) is 6.61 Å². The Labute approximate surface area is 161 Å². The Balaban J connectivity index is 1.56. The Kier molecular flexibility index (Phi) is 6.22. The second-order valence-corrected chi connectivity index (χ2v) is 6.42. The molecular formula is C21H18N2O3S. The summed E-state index contributed by atoms with van der Waals surface area (Å²) in [6, 6.07) is 20.7. The summed E-state index contributed by atoms with van der Waals surface area (Å²) >= 11 is 1.35. The Morgan fingerprint density at radius 3 is 2.37 bits per heavy atom. The Hall–Kier alpha value is -3.12. The van der Waals surface area contributed by atoms with Crippen LogP contribution in [-0.4, -0.2) is 29.7 Å². The van der Waals surface area contributed by atoms with Gasteiger partial charge in [-0.3, -0.25) is 4.79 Å². The number of rotatable bonds is 6. The monoisotopic (exact) mass is 378 g/mol. The van der Waals surface area contributed by atoms with Gasteiger partial charge in [0, 0.05) is 11.9 Å². The van der Waals surface area contributed by atoms with Crippen molar-refractivity contribution in [3.05, 3.63) is 78.5 Å². The lowest BCUT2D eigenvalue weighted by Crippen LogP contribution is -2.21. The molecule has 0 fully saturated rings. The van der Waals surface area contributed by atoms with Crippen LogP contribution in [0, 0.1) is 0 Å². The van der Waals surface area contributed by atoms with Gasteiger partial charge in [0.1, 0.15) is 5.03 Å². The van der Waals surface area contributed by atoms with E-state index in [0.29, 0.717) is 16.3 Å². The van der Waals surface area contributed by atoms with E-state index in [9.17, 15) is 9.59 Å². The van der Waals surface area contributed by atoms with Crippen molar-refractivity contribution in [1.29, 1.82) is 0 Å². The zero-order valence-electron chi connectivity index (χ0n) is 14.7. The quantitative estimate of drug-likeness (QED) is 0.513. The van der Waals surface area contributed by atoms with Crippen molar-refractivity contribution in [2.75, 3.05) is 18.2 Å². The molecule has 0 radical (unpaired) electrons. The highest BCUT2D eigenvalue weighted by Crippen LogP contribution is 2.21. The number of nitrogens with one attached hydrogen (secondary N) is 1. The SMILES string of the molecule is CSc1ncccc1C(=O)OCC(=O)Nc1ccc(-c2ccccc2)cc1. The summed E-state index contributed by atoms with van der Waals surface area (Å²) in [4.78, 5) is 28.3. The molecule has 136 valence electrons. The minimum atomic E-state index is -0.568. The molecule has 2 aromatic carbocycles. The van der Waals surface area contributed by atoms with Crippen LogP contribution in [0.5, 0.6) is 0 Å². The first-order valence-electron chi connectivity index (χ1n) is 8.29. The van der Waals surface area contributed by atoms with Crippen LogP contribution in [0.3, 0.4) is 0 Å². The van der Waals surface area contributed by atoms with Crippen LogP contribution >= 0.6 is 11.8 Å². The lowest BCUT2D eigenvalue weighted by atomic mass is 10.1. The first-order valence-corrected chi connectivity index (χ1v) is 9.51. The van der Waals surface area contributed by atoms with Gasteiger partial charge in [0.2, 0.25) is 0 Å². The first-order chi connectivity index (χ1) is 13.2. The number of thioether (sulfide) groups is 1. The minimum Gasteiger partial charge on any atom is -0.452 e. The third-order valence-electron chi connectivity index (χ3n) is 3.79. The van der Waals surface area contributed by atoms with Crippen molar-refractivity contribution in [3.8, 4) is 11.1 Å². The molecule has 0 unspecified atom stereocenters. The number of carbonyl (C=O) groups is 2. The highest BCUT2D eigenvalue weighted by Gasteiger charge is 2.14. The van der Waals surface area contributed by atoms with Crippen LogP contribution in [0.1, 0.15) is 10.4 Å². The van der Waals surface area contributed by atoms with Gasteiger partial charge in [-0.15, -0.1) is 11.8 Å². The number of nitrogens with zero attached hydrogens (tertiary/aromatic N) is 1. The highest BCUT2D eigenvalue weighted by molar-refractivity contribution is 7.98. The lowest BCUT2D eigenvalue weighted by Gasteiger charge is -2.09. The lowest BCUT2D eigenvalue weighted by molar-refractivity contribution is -0.119. The average molecular weight is 378 g/mol. The standard InChI is InChI=1S/C21H18N2O3S/c1-27-20-18(8-5-13-22-20)21(25)26-14-19(24)23-17-11-9-16(10-12-17)15-6-3-2-4-7-15/h2-13H,14H2,1H3,(H,23,24). The number of pyridine rings is 1. The van der Waals surface area contributed by atoms with Crippen molar-refractivity contribution in [2.45, 2.75) is 5.03 Å². The molecule has 0 bridgehead atoms. The maximum atomic E-state index is 12.1. The predicted octanol–water partition coefficient (Wildman–Crippen LogP) is 4.27. The summed E-state index contributed by atoms with van der Waals surface area (Å²) < 4.78 is 5.09. The number of amides is 1. The molecule has 0 spiro atoms. The van der Waals surface area contributed by atoms with E-state index in [1.54, 1.807) is 18.3 Å². The molecule has 3 aromatic rings. The van der Waals surface area contributed by atoms with Crippen LogP contribution in [0.25, 0.3) is 11.1 Å². The number of esters is 1. The molecule has 0 aliphatic carbocycles. The molecule has 1 heterocycles. The molecule has 0 aliphatic rings. The van der Waals surface area contributed by atoms with Gasteiger partial charge in [-0.25, -0.2) is 9.78 Å². The maximum Gasteiger partial charge on any atom is 0.341 e. The number of hydrogen-bond donors (Lipinski definition) is 1. The van der Waals surface area contributed by atoms with E-state index in [1.165, 1.54) is 11.8 Å². The molecule has 6 heteroatoms. The summed E-state index contributed by atoms with van der Waals surface area (Å²) in [5.41, 5.74) is 3.15. The molecule has 0 saturated heterocycles. The second kappa shape index (κ2) is 9.00. The summed E-state index contributed by atoms with van der Waals surface area (Å²) in [6.45, 7) is -0.359. The van der Waals surface area contributed by atoms with E-state index < -0.39 is 11.9 Å². The maximum absolute atomic E-state index is 12.1. The second-order valence-electron chi connectivity index (χ2n) is 5.63. The smallest absolute Gasteiger partial charge is 0.341 e. The Morgan fingerprint density at radius 1 is 0.963 bits per heavy atom. The molecule has 0 atom stereocenters. The summed E-state index contributed by atoms with van der Waals surface area (Å²) in [7, 11) is 0. The molecule has 0 aliphatic heterocycles. The molecule has 3 rings (SSSR count). The average Bonchev–Trinajstić information content (AvgIpc) is 2.73. The first kappa shape index (κ1) is 18.7. The van der Waals surface area contributed by atoms with Gasteiger partial charge in [-0.2, -0.15) is 0 Å². The van der Waals surface area contributed by atoms with Gasteiger partial charge in [-0.05, 0) is 41.6 Å². The Bertz CT molecular complexity index is 928. The van der Waals surface area contributed by atoms with E-state index in [-0.39, 0.29) is 6.61 Å². The van der Waals surface area contributed by atoms with Gasteiger partial charge in [-0.1, -0.05) is 42.5 Å². The van der Waals surface area contributed by atoms with Crippen LogP contribution in [-0.2, 0) is 9.53 Å². The van der Waals surface area contributed by atoms with Crippen molar-refractivity contribution < 1.29 is 14.3 Å². The van der Waals surface area contributed by atoms with Crippen molar-refractivity contribution >= 4 is 29.3 Å². The Morgan fingerprint density at radius 2 is 1.67 bits per heavy atom. The van der Waals surface area contributed by atoms with E-state index in [1.807, 2.05) is 60.9 Å². The topological polar surface area (TPSA) is 68.3 Å². The molecule has 27 heavy (non-hydrogen) atoms. The molecule has 1 N–H and O–H groups in total. The zero-order valence-corrected chi connectivity index (χ0v) is 15.5. The number of benzene rings is 2. The van der Waals surface area contributed by atoms with E-state index in [2.05, 4.69) is 10.3 Å². The molecular weight excluding hydrogens is 360 g/mol. The van der Waals surface area contributed by atoms with Crippen molar-refractivity contribution in [3.63, 3.8) is 0 Å². The van der Waals surface area contributed by atoms with Gasteiger partial charge in [0.05, 0.1) is 5.56 Å². The fraction of sp³-hybridized carbons (Fsp3) is 0.0952. The number of hydrogen-bond acceptors (Lipinski definition) is 5. The largest absolute Gasteiger partial charge is 0.452 e. The van der Waals surface area contributed by atoms with Crippen LogP contribution in [0.4, 0.5) is 5.69 Å². The third-order valence-corrected chi connectivity index (χ3v) is 4.51. The number of anilines is 1. The molecule has 5 nitrogen and oxygen atoms in total. The van der Waals surface area contributed by atoms with Crippen molar-refractivity contribution in [1.82, 2.24) is 4.98 Å². The predicted molar refractivity (Wildman–Crippen MR) is 107 cm³/mol. The molecule has 1 aromatic heterocycles. The van der Waals surface area contributed by atoms with E-state index in [0.717, 1.165) is 11.1 Å². The summed E-state index contributed by atoms with van der Waals surface area (Å²) in [5.74, 6) is -0.965.